The van der Waals surface area contributed by atoms with Crippen LogP contribution in [0.15, 0.2) is 0 Å². The van der Waals surface area contributed by atoms with E-state index in [9.17, 15) is 0 Å². The second kappa shape index (κ2) is 8.50. The van der Waals surface area contributed by atoms with Crippen molar-refractivity contribution in [3.05, 3.63) is 0 Å². The Hall–Kier alpha value is -0.120. The first-order valence-electron chi connectivity index (χ1n) is 8.84. The largest absolute Gasteiger partial charge is 0.379 e. The molecule has 1 atom stereocenters. The van der Waals surface area contributed by atoms with Crippen molar-refractivity contribution in [3.63, 3.8) is 0 Å². The van der Waals surface area contributed by atoms with Crippen LogP contribution >= 0.6 is 0 Å². The van der Waals surface area contributed by atoms with Gasteiger partial charge in [0.15, 0.2) is 0 Å². The molecular formula is C18H38N2O. The number of nitrogens with one attached hydrogen (secondary N) is 1. The molecule has 21 heavy (non-hydrogen) atoms. The van der Waals surface area contributed by atoms with Crippen LogP contribution in [0, 0.1) is 0 Å². The SMILES string of the molecule is CCCNC(CCC(C)(C)OC)C1(N(C)C)CCCCC1. The summed E-state index contributed by atoms with van der Waals surface area (Å²) >= 11 is 0. The molecule has 1 fully saturated rings. The normalized spacial score (nSPS) is 20.7. The Kier molecular flexibility index (Phi) is 7.66. The Labute approximate surface area is 132 Å². The Morgan fingerprint density at radius 3 is 2.29 bits per heavy atom. The number of rotatable bonds is 9. The minimum Gasteiger partial charge on any atom is -0.379 e. The number of nitrogens with zero attached hydrogens (tertiary/aromatic N) is 1. The molecule has 3 heteroatoms. The fourth-order valence-corrected chi connectivity index (χ4v) is 3.74. The molecule has 0 amide bonds. The zero-order valence-corrected chi connectivity index (χ0v) is 15.3. The van der Waals surface area contributed by atoms with E-state index >= 15 is 0 Å². The molecule has 1 rings (SSSR count). The van der Waals surface area contributed by atoms with Crippen LogP contribution in [-0.2, 0) is 4.74 Å². The van der Waals surface area contributed by atoms with E-state index in [1.807, 2.05) is 7.11 Å². The highest BCUT2D eigenvalue weighted by Crippen LogP contribution is 2.37. The Morgan fingerprint density at radius 1 is 1.19 bits per heavy atom. The summed E-state index contributed by atoms with van der Waals surface area (Å²) in [6.07, 6.45) is 10.3. The summed E-state index contributed by atoms with van der Waals surface area (Å²) in [6, 6.07) is 0.571. The van der Waals surface area contributed by atoms with Gasteiger partial charge in [-0.1, -0.05) is 26.2 Å². The van der Waals surface area contributed by atoms with Crippen molar-refractivity contribution < 1.29 is 4.74 Å². The predicted molar refractivity (Wildman–Crippen MR) is 91.9 cm³/mol. The quantitative estimate of drug-likeness (QED) is 0.700. The lowest BCUT2D eigenvalue weighted by Crippen LogP contribution is -2.60. The van der Waals surface area contributed by atoms with Gasteiger partial charge in [0.25, 0.3) is 0 Å². The zero-order chi connectivity index (χ0) is 15.9. The monoisotopic (exact) mass is 298 g/mol. The molecule has 1 aliphatic carbocycles. The van der Waals surface area contributed by atoms with E-state index in [1.54, 1.807) is 0 Å². The summed E-state index contributed by atoms with van der Waals surface area (Å²) in [5.41, 5.74) is 0.311. The van der Waals surface area contributed by atoms with Crippen molar-refractivity contribution in [3.8, 4) is 0 Å². The van der Waals surface area contributed by atoms with Gasteiger partial charge < -0.3 is 15.0 Å². The number of hydrogen-bond donors (Lipinski definition) is 1. The smallest absolute Gasteiger partial charge is 0.0623 e. The van der Waals surface area contributed by atoms with Crippen molar-refractivity contribution in [1.82, 2.24) is 10.2 Å². The van der Waals surface area contributed by atoms with Gasteiger partial charge in [-0.3, -0.25) is 0 Å². The third kappa shape index (κ3) is 5.22. The van der Waals surface area contributed by atoms with Crippen LogP contribution in [-0.4, -0.2) is 49.8 Å². The van der Waals surface area contributed by atoms with E-state index in [4.69, 9.17) is 4.74 Å². The Bertz CT molecular complexity index is 283. The van der Waals surface area contributed by atoms with Gasteiger partial charge in [0, 0.05) is 18.7 Å². The number of hydrogen-bond acceptors (Lipinski definition) is 3. The molecule has 0 aromatic heterocycles. The first kappa shape index (κ1) is 18.9. The lowest BCUT2D eigenvalue weighted by molar-refractivity contribution is -0.00203. The molecule has 0 aromatic rings. The molecule has 1 saturated carbocycles. The molecule has 0 radical (unpaired) electrons. The number of likely N-dealkylation sites (N-methyl/N-ethyl adjacent to an activating group) is 1. The lowest BCUT2D eigenvalue weighted by Gasteiger charge is -2.49. The van der Waals surface area contributed by atoms with Crippen molar-refractivity contribution in [2.24, 2.45) is 0 Å². The van der Waals surface area contributed by atoms with Gasteiger partial charge >= 0.3 is 0 Å². The molecule has 0 saturated heterocycles. The maximum Gasteiger partial charge on any atom is 0.0623 e. The summed E-state index contributed by atoms with van der Waals surface area (Å²) in [4.78, 5) is 2.50. The highest BCUT2D eigenvalue weighted by atomic mass is 16.5. The van der Waals surface area contributed by atoms with Crippen molar-refractivity contribution in [1.29, 1.82) is 0 Å². The van der Waals surface area contributed by atoms with Gasteiger partial charge in [-0.15, -0.1) is 0 Å². The van der Waals surface area contributed by atoms with Gasteiger partial charge in [0.05, 0.1) is 5.60 Å². The van der Waals surface area contributed by atoms with Gasteiger partial charge in [0.2, 0.25) is 0 Å². The molecule has 1 unspecified atom stereocenters. The maximum atomic E-state index is 5.63. The Balaban J connectivity index is 2.81. The lowest BCUT2D eigenvalue weighted by atomic mass is 9.73. The predicted octanol–water partition coefficient (Wildman–Crippen LogP) is 3.82. The van der Waals surface area contributed by atoms with E-state index in [0.29, 0.717) is 11.6 Å². The number of ether oxygens (including phenoxy) is 1. The van der Waals surface area contributed by atoms with Crippen molar-refractivity contribution >= 4 is 0 Å². The Morgan fingerprint density at radius 2 is 1.81 bits per heavy atom. The van der Waals surface area contributed by atoms with Gasteiger partial charge in [-0.25, -0.2) is 0 Å². The second-order valence-corrected chi connectivity index (χ2v) is 7.57. The van der Waals surface area contributed by atoms with Crippen molar-refractivity contribution in [2.45, 2.75) is 89.3 Å². The highest BCUT2D eigenvalue weighted by Gasteiger charge is 2.41. The molecule has 126 valence electrons. The van der Waals surface area contributed by atoms with Crippen molar-refractivity contribution in [2.75, 3.05) is 27.7 Å². The third-order valence-electron chi connectivity index (χ3n) is 5.49. The summed E-state index contributed by atoms with van der Waals surface area (Å²) in [6.45, 7) is 7.78. The van der Waals surface area contributed by atoms with E-state index in [0.717, 1.165) is 13.0 Å². The average Bonchev–Trinajstić information content (AvgIpc) is 2.48. The van der Waals surface area contributed by atoms with E-state index in [1.165, 1.54) is 44.9 Å². The summed E-state index contributed by atoms with van der Waals surface area (Å²) in [5, 5.41) is 3.86. The average molecular weight is 299 g/mol. The van der Waals surface area contributed by atoms with Crippen LogP contribution in [0.1, 0.15) is 72.1 Å². The highest BCUT2D eigenvalue weighted by molar-refractivity contribution is 5.01. The fraction of sp³-hybridized carbons (Fsp3) is 1.00. The van der Waals surface area contributed by atoms with Crippen LogP contribution in [0.25, 0.3) is 0 Å². The molecule has 0 bridgehead atoms. The zero-order valence-electron chi connectivity index (χ0n) is 15.3. The maximum absolute atomic E-state index is 5.63. The molecular weight excluding hydrogens is 260 g/mol. The molecule has 0 aliphatic heterocycles. The molecule has 0 aromatic carbocycles. The fourth-order valence-electron chi connectivity index (χ4n) is 3.74. The third-order valence-corrected chi connectivity index (χ3v) is 5.49. The summed E-state index contributed by atoms with van der Waals surface area (Å²) < 4.78 is 5.63. The second-order valence-electron chi connectivity index (χ2n) is 7.57. The first-order valence-corrected chi connectivity index (χ1v) is 8.84. The van der Waals surface area contributed by atoms with E-state index in [-0.39, 0.29) is 5.60 Å². The molecule has 0 heterocycles. The minimum atomic E-state index is -0.0195. The molecule has 3 nitrogen and oxygen atoms in total. The summed E-state index contributed by atoms with van der Waals surface area (Å²) in [7, 11) is 6.37. The van der Waals surface area contributed by atoms with Crippen LogP contribution < -0.4 is 5.32 Å². The first-order chi connectivity index (χ1) is 9.88. The van der Waals surface area contributed by atoms with Gasteiger partial charge in [-0.2, -0.15) is 0 Å². The minimum absolute atomic E-state index is 0.0195. The van der Waals surface area contributed by atoms with Gasteiger partial charge in [-0.05, 0) is 66.6 Å². The van der Waals surface area contributed by atoms with Gasteiger partial charge in [0.1, 0.15) is 0 Å². The standard InChI is InChI=1S/C18H38N2O/c1-7-15-19-16(11-14-17(2,3)21-6)18(20(4)5)12-9-8-10-13-18/h16,19H,7-15H2,1-6H3. The van der Waals surface area contributed by atoms with Crippen LogP contribution in [0.5, 0.6) is 0 Å². The van der Waals surface area contributed by atoms with E-state index in [2.05, 4.69) is 45.1 Å². The van der Waals surface area contributed by atoms with Crippen LogP contribution in [0.3, 0.4) is 0 Å². The van der Waals surface area contributed by atoms with E-state index < -0.39 is 0 Å². The summed E-state index contributed by atoms with van der Waals surface area (Å²) in [5.74, 6) is 0. The number of methoxy groups -OCH3 is 1. The van der Waals surface area contributed by atoms with Crippen LogP contribution in [0.2, 0.25) is 0 Å². The molecule has 0 spiro atoms. The molecule has 1 aliphatic rings. The van der Waals surface area contributed by atoms with Crippen LogP contribution in [0.4, 0.5) is 0 Å². The molecule has 1 N–H and O–H groups in total. The topological polar surface area (TPSA) is 24.5 Å².